The van der Waals surface area contributed by atoms with E-state index >= 15 is 0 Å². The summed E-state index contributed by atoms with van der Waals surface area (Å²) in [6, 6.07) is 9.50. The first kappa shape index (κ1) is 15.5. The maximum Gasteiger partial charge on any atom is 0.197 e. The van der Waals surface area contributed by atoms with Gasteiger partial charge in [0.05, 0.1) is 17.5 Å². The van der Waals surface area contributed by atoms with Crippen LogP contribution in [0.4, 0.5) is 0 Å². The zero-order chi connectivity index (χ0) is 16.2. The molecule has 8 heteroatoms. The normalized spacial score (nSPS) is 11.9. The molecule has 0 saturated heterocycles. The van der Waals surface area contributed by atoms with Gasteiger partial charge in [-0.2, -0.15) is 5.26 Å². The molecule has 0 aliphatic rings. The minimum Gasteiger partial charge on any atom is -0.269 e. The van der Waals surface area contributed by atoms with Gasteiger partial charge in [0, 0.05) is 23.1 Å². The summed E-state index contributed by atoms with van der Waals surface area (Å²) >= 11 is 7.30. The molecule has 0 bridgehead atoms. The summed E-state index contributed by atoms with van der Waals surface area (Å²) in [5.41, 5.74) is 1.44. The Balaban J connectivity index is 2.14. The lowest BCUT2D eigenvalue weighted by molar-refractivity contribution is 0.882. The molecule has 0 aliphatic carbocycles. The van der Waals surface area contributed by atoms with Crippen molar-refractivity contribution < 1.29 is 0 Å². The highest BCUT2D eigenvalue weighted by Gasteiger charge is 2.19. The second kappa shape index (κ2) is 6.77. The van der Waals surface area contributed by atoms with Crippen LogP contribution in [-0.4, -0.2) is 30.0 Å². The van der Waals surface area contributed by atoms with Crippen molar-refractivity contribution in [1.29, 1.82) is 5.26 Å². The number of hydrogen-bond donors (Lipinski definition) is 0. The Morgan fingerprint density at radius 1 is 1.22 bits per heavy atom. The van der Waals surface area contributed by atoms with Crippen LogP contribution >= 0.6 is 23.4 Å². The second-order valence-corrected chi connectivity index (χ2v) is 6.34. The Labute approximate surface area is 142 Å². The highest BCUT2D eigenvalue weighted by molar-refractivity contribution is 8.00. The predicted molar refractivity (Wildman–Crippen MR) is 88.3 cm³/mol. The van der Waals surface area contributed by atoms with E-state index in [0.29, 0.717) is 21.7 Å². The zero-order valence-electron chi connectivity index (χ0n) is 12.1. The molecular weight excluding hydrogens is 332 g/mol. The number of benzene rings is 1. The summed E-state index contributed by atoms with van der Waals surface area (Å²) in [6.07, 6.45) is 4.82. The van der Waals surface area contributed by atoms with E-state index in [4.69, 9.17) is 16.9 Å². The SMILES string of the molecule is CC(C#N)Sc1nnc(-c2cnccn2)n1-c1ccc(Cl)cc1. The van der Waals surface area contributed by atoms with Crippen LogP contribution in [0.15, 0.2) is 48.0 Å². The number of thioether (sulfide) groups is 1. The minimum atomic E-state index is -0.250. The molecule has 1 aromatic carbocycles. The topological polar surface area (TPSA) is 80.3 Å². The number of nitriles is 1. The first-order valence-corrected chi connectivity index (χ1v) is 7.99. The molecule has 1 unspecified atom stereocenters. The van der Waals surface area contributed by atoms with Crippen molar-refractivity contribution in [2.75, 3.05) is 0 Å². The molecule has 3 rings (SSSR count). The smallest absolute Gasteiger partial charge is 0.197 e. The van der Waals surface area contributed by atoms with E-state index in [0.717, 1.165) is 5.69 Å². The molecule has 0 radical (unpaired) electrons. The van der Waals surface area contributed by atoms with Gasteiger partial charge in [0.25, 0.3) is 0 Å². The van der Waals surface area contributed by atoms with Crippen molar-refractivity contribution in [2.45, 2.75) is 17.3 Å². The van der Waals surface area contributed by atoms with Gasteiger partial charge >= 0.3 is 0 Å². The van der Waals surface area contributed by atoms with Crippen molar-refractivity contribution in [1.82, 2.24) is 24.7 Å². The number of nitrogens with zero attached hydrogens (tertiary/aromatic N) is 6. The van der Waals surface area contributed by atoms with Crippen LogP contribution in [0, 0.1) is 11.3 Å². The molecule has 2 aromatic heterocycles. The molecule has 0 saturated carbocycles. The molecule has 23 heavy (non-hydrogen) atoms. The average Bonchev–Trinajstić information content (AvgIpc) is 3.00. The third kappa shape index (κ3) is 3.33. The zero-order valence-corrected chi connectivity index (χ0v) is 13.7. The van der Waals surface area contributed by atoms with Crippen molar-refractivity contribution in [3.8, 4) is 23.3 Å². The highest BCUT2D eigenvalue weighted by Crippen LogP contribution is 2.29. The van der Waals surface area contributed by atoms with Gasteiger partial charge in [0.15, 0.2) is 11.0 Å². The van der Waals surface area contributed by atoms with E-state index in [1.54, 1.807) is 30.7 Å². The quantitative estimate of drug-likeness (QED) is 0.676. The lowest BCUT2D eigenvalue weighted by Gasteiger charge is -2.10. The van der Waals surface area contributed by atoms with Gasteiger partial charge in [0.2, 0.25) is 0 Å². The van der Waals surface area contributed by atoms with E-state index in [1.165, 1.54) is 11.8 Å². The van der Waals surface area contributed by atoms with E-state index in [1.807, 2.05) is 23.6 Å². The summed E-state index contributed by atoms with van der Waals surface area (Å²) in [5.74, 6) is 0.563. The van der Waals surface area contributed by atoms with Gasteiger partial charge < -0.3 is 0 Å². The number of hydrogen-bond acceptors (Lipinski definition) is 6. The molecule has 2 heterocycles. The van der Waals surface area contributed by atoms with Crippen LogP contribution in [0.1, 0.15) is 6.92 Å². The van der Waals surface area contributed by atoms with Gasteiger partial charge in [-0.05, 0) is 31.2 Å². The second-order valence-electron chi connectivity index (χ2n) is 4.60. The molecule has 1 atom stereocenters. The third-order valence-corrected chi connectivity index (χ3v) is 4.16. The van der Waals surface area contributed by atoms with Gasteiger partial charge in [0.1, 0.15) is 5.69 Å². The fourth-order valence-electron chi connectivity index (χ4n) is 1.93. The van der Waals surface area contributed by atoms with Crippen molar-refractivity contribution in [3.63, 3.8) is 0 Å². The summed E-state index contributed by atoms with van der Waals surface area (Å²) in [4.78, 5) is 8.35. The van der Waals surface area contributed by atoms with Crippen molar-refractivity contribution >= 4 is 23.4 Å². The molecule has 0 fully saturated rings. The van der Waals surface area contributed by atoms with Crippen LogP contribution < -0.4 is 0 Å². The van der Waals surface area contributed by atoms with Crippen LogP contribution in [0.5, 0.6) is 0 Å². The maximum atomic E-state index is 9.05. The van der Waals surface area contributed by atoms with Crippen molar-refractivity contribution in [3.05, 3.63) is 47.9 Å². The standard InChI is InChI=1S/C15H11ClN6S/c1-10(8-17)23-15-21-20-14(13-9-18-6-7-19-13)22(15)12-4-2-11(16)3-5-12/h2-7,9-10H,1H3. The molecule has 3 aromatic rings. The number of rotatable bonds is 4. The first-order chi connectivity index (χ1) is 11.2. The highest BCUT2D eigenvalue weighted by atomic mass is 35.5. The maximum absolute atomic E-state index is 9.05. The van der Waals surface area contributed by atoms with E-state index in [-0.39, 0.29) is 5.25 Å². The van der Waals surface area contributed by atoms with Crippen LogP contribution in [0.3, 0.4) is 0 Å². The Morgan fingerprint density at radius 3 is 2.65 bits per heavy atom. The summed E-state index contributed by atoms with van der Waals surface area (Å²) in [7, 11) is 0. The third-order valence-electron chi connectivity index (χ3n) is 2.97. The number of aromatic nitrogens is 5. The summed E-state index contributed by atoms with van der Waals surface area (Å²) < 4.78 is 1.85. The molecule has 0 spiro atoms. The largest absolute Gasteiger partial charge is 0.269 e. The van der Waals surface area contributed by atoms with Gasteiger partial charge in [-0.3, -0.25) is 9.55 Å². The van der Waals surface area contributed by atoms with Crippen LogP contribution in [0.25, 0.3) is 17.2 Å². The Morgan fingerprint density at radius 2 is 2.00 bits per heavy atom. The van der Waals surface area contributed by atoms with Crippen LogP contribution in [-0.2, 0) is 0 Å². The fourth-order valence-corrected chi connectivity index (χ4v) is 2.81. The van der Waals surface area contributed by atoms with Gasteiger partial charge in [-0.15, -0.1) is 10.2 Å². The molecule has 114 valence electrons. The lowest BCUT2D eigenvalue weighted by Crippen LogP contribution is -2.02. The first-order valence-electron chi connectivity index (χ1n) is 6.73. The minimum absolute atomic E-state index is 0.250. The Bertz CT molecular complexity index is 841. The van der Waals surface area contributed by atoms with E-state index in [2.05, 4.69) is 26.2 Å². The fraction of sp³-hybridized carbons (Fsp3) is 0.133. The average molecular weight is 343 g/mol. The van der Waals surface area contributed by atoms with Gasteiger partial charge in [-0.25, -0.2) is 4.98 Å². The predicted octanol–water partition coefficient (Wildman–Crippen LogP) is 3.38. The molecule has 0 aliphatic heterocycles. The molecule has 0 N–H and O–H groups in total. The summed E-state index contributed by atoms with van der Waals surface area (Å²) in [6.45, 7) is 1.81. The van der Waals surface area contributed by atoms with Gasteiger partial charge in [-0.1, -0.05) is 23.4 Å². The Kier molecular flexibility index (Phi) is 4.55. The molecule has 0 amide bonds. The molecular formula is C15H11ClN6S. The van der Waals surface area contributed by atoms with Crippen molar-refractivity contribution in [2.24, 2.45) is 0 Å². The molecule has 6 nitrogen and oxygen atoms in total. The van der Waals surface area contributed by atoms with Crippen LogP contribution in [0.2, 0.25) is 5.02 Å². The monoisotopic (exact) mass is 342 g/mol. The summed E-state index contributed by atoms with van der Waals surface area (Å²) in [5, 5.41) is 18.5. The lowest BCUT2D eigenvalue weighted by atomic mass is 10.3. The Hall–Kier alpha value is -2.43. The number of halogens is 1. The van der Waals surface area contributed by atoms with E-state index < -0.39 is 0 Å². The van der Waals surface area contributed by atoms with E-state index in [9.17, 15) is 0 Å².